The van der Waals surface area contributed by atoms with Crippen molar-refractivity contribution in [3.63, 3.8) is 0 Å². The Kier molecular flexibility index (Phi) is 3.57. The molecule has 1 aromatic heterocycles. The lowest BCUT2D eigenvalue weighted by atomic mass is 10.0. The Morgan fingerprint density at radius 2 is 1.89 bits per heavy atom. The molecule has 0 bridgehead atoms. The van der Waals surface area contributed by atoms with Crippen molar-refractivity contribution in [3.8, 4) is 0 Å². The molecular weight excluding hydrogens is 279 g/mol. The van der Waals surface area contributed by atoms with E-state index < -0.39 is 22.5 Å². The Morgan fingerprint density at radius 3 is 2.42 bits per heavy atom. The van der Waals surface area contributed by atoms with Gasteiger partial charge in [-0.15, -0.1) is 0 Å². The number of nitrogens with zero attached hydrogens (tertiary/aromatic N) is 1. The van der Waals surface area contributed by atoms with Crippen LogP contribution in [0, 0.1) is 0 Å². The molecule has 0 N–H and O–H groups in total. The van der Waals surface area contributed by atoms with Gasteiger partial charge in [0.1, 0.15) is 0 Å². The van der Waals surface area contributed by atoms with Crippen molar-refractivity contribution in [3.05, 3.63) is 64.4 Å². The normalized spacial score (nSPS) is 11.4. The van der Waals surface area contributed by atoms with Crippen LogP contribution < -0.4 is 0 Å². The van der Waals surface area contributed by atoms with Gasteiger partial charge < -0.3 is 0 Å². The van der Waals surface area contributed by atoms with Gasteiger partial charge >= 0.3 is 6.18 Å². The molecule has 0 spiro atoms. The van der Waals surface area contributed by atoms with Crippen molar-refractivity contribution >= 4 is 17.4 Å². The third-order valence-corrected chi connectivity index (χ3v) is 2.77. The van der Waals surface area contributed by atoms with E-state index in [9.17, 15) is 18.0 Å². The Balaban J connectivity index is 2.38. The molecule has 19 heavy (non-hydrogen) atoms. The van der Waals surface area contributed by atoms with Crippen LogP contribution in [0.25, 0.3) is 0 Å². The van der Waals surface area contributed by atoms with Crippen LogP contribution >= 0.6 is 11.6 Å². The summed E-state index contributed by atoms with van der Waals surface area (Å²) in [5, 5.41) is -0.498. The van der Waals surface area contributed by atoms with Gasteiger partial charge in [0.25, 0.3) is 0 Å². The van der Waals surface area contributed by atoms with E-state index in [1.807, 2.05) is 0 Å². The third kappa shape index (κ3) is 2.93. The third-order valence-electron chi connectivity index (χ3n) is 2.46. The molecule has 0 saturated carbocycles. The minimum atomic E-state index is -4.53. The van der Waals surface area contributed by atoms with Crippen LogP contribution in [0.5, 0.6) is 0 Å². The summed E-state index contributed by atoms with van der Waals surface area (Å²) in [6.45, 7) is 0. The van der Waals surface area contributed by atoms with Crippen molar-refractivity contribution < 1.29 is 18.0 Å². The van der Waals surface area contributed by atoms with Crippen molar-refractivity contribution in [1.82, 2.24) is 4.98 Å². The fraction of sp³-hybridized carbons (Fsp3) is 0.0769. The lowest BCUT2D eigenvalue weighted by Gasteiger charge is -2.09. The van der Waals surface area contributed by atoms with Gasteiger partial charge in [-0.3, -0.25) is 9.78 Å². The molecule has 0 fully saturated rings. The standard InChI is InChI=1S/C13H7ClF3NO/c14-11-6-8(3-4-10(11)13(15,16)17)12(19)9-2-1-5-18-7-9/h1-7H. The highest BCUT2D eigenvalue weighted by atomic mass is 35.5. The summed E-state index contributed by atoms with van der Waals surface area (Å²) in [6.07, 6.45) is -1.70. The van der Waals surface area contributed by atoms with E-state index in [1.165, 1.54) is 18.5 Å². The first-order chi connectivity index (χ1) is 8.89. The van der Waals surface area contributed by atoms with E-state index in [0.717, 1.165) is 18.2 Å². The molecule has 6 heteroatoms. The number of hydrogen-bond donors (Lipinski definition) is 0. The maximum Gasteiger partial charge on any atom is 0.417 e. The quantitative estimate of drug-likeness (QED) is 0.781. The van der Waals surface area contributed by atoms with Crippen molar-refractivity contribution in [2.45, 2.75) is 6.18 Å². The minimum Gasteiger partial charge on any atom is -0.289 e. The molecule has 0 radical (unpaired) electrons. The van der Waals surface area contributed by atoms with Gasteiger partial charge in [0.05, 0.1) is 10.6 Å². The molecule has 2 rings (SSSR count). The second kappa shape index (κ2) is 5.01. The number of benzene rings is 1. The zero-order valence-corrected chi connectivity index (χ0v) is 10.2. The number of aromatic nitrogens is 1. The van der Waals surface area contributed by atoms with E-state index in [-0.39, 0.29) is 5.56 Å². The molecule has 0 atom stereocenters. The molecule has 98 valence electrons. The van der Waals surface area contributed by atoms with Crippen molar-refractivity contribution in [2.24, 2.45) is 0 Å². The van der Waals surface area contributed by atoms with E-state index in [4.69, 9.17) is 11.6 Å². The van der Waals surface area contributed by atoms with Crippen molar-refractivity contribution in [1.29, 1.82) is 0 Å². The fourth-order valence-electron chi connectivity index (χ4n) is 1.55. The molecule has 0 aliphatic rings. The summed E-state index contributed by atoms with van der Waals surface area (Å²) in [7, 11) is 0. The Labute approximate surface area is 111 Å². The van der Waals surface area contributed by atoms with Crippen LogP contribution in [0.4, 0.5) is 13.2 Å². The first kappa shape index (κ1) is 13.5. The summed E-state index contributed by atoms with van der Waals surface area (Å²) in [5.41, 5.74) is -0.582. The van der Waals surface area contributed by atoms with Crippen LogP contribution in [0.2, 0.25) is 5.02 Å². The van der Waals surface area contributed by atoms with Crippen LogP contribution in [0.15, 0.2) is 42.7 Å². The lowest BCUT2D eigenvalue weighted by molar-refractivity contribution is -0.137. The summed E-state index contributed by atoms with van der Waals surface area (Å²) < 4.78 is 37.6. The van der Waals surface area contributed by atoms with Gasteiger partial charge in [0.15, 0.2) is 5.78 Å². The number of pyridine rings is 1. The van der Waals surface area contributed by atoms with Gasteiger partial charge in [-0.1, -0.05) is 17.7 Å². The first-order valence-electron chi connectivity index (χ1n) is 5.21. The number of carbonyl (C=O) groups is 1. The Morgan fingerprint density at radius 1 is 1.16 bits per heavy atom. The van der Waals surface area contributed by atoms with Gasteiger partial charge in [-0.2, -0.15) is 13.2 Å². The van der Waals surface area contributed by atoms with E-state index >= 15 is 0 Å². The van der Waals surface area contributed by atoms with Crippen LogP contribution in [0.1, 0.15) is 21.5 Å². The summed E-state index contributed by atoms with van der Waals surface area (Å²) in [6, 6.07) is 6.01. The zero-order chi connectivity index (χ0) is 14.0. The predicted molar refractivity (Wildman–Crippen MR) is 64.1 cm³/mol. The molecule has 0 aliphatic heterocycles. The summed E-state index contributed by atoms with van der Waals surface area (Å²) in [4.78, 5) is 15.8. The number of ketones is 1. The average molecular weight is 286 g/mol. The highest BCUT2D eigenvalue weighted by Gasteiger charge is 2.33. The number of halogens is 4. The summed E-state index contributed by atoms with van der Waals surface area (Å²) in [5.74, 6) is -0.427. The van der Waals surface area contributed by atoms with E-state index in [2.05, 4.69) is 4.98 Å². The molecular formula is C13H7ClF3NO. The second-order valence-electron chi connectivity index (χ2n) is 3.76. The molecule has 2 nitrogen and oxygen atoms in total. The SMILES string of the molecule is O=C(c1cccnc1)c1ccc(C(F)(F)F)c(Cl)c1. The predicted octanol–water partition coefficient (Wildman–Crippen LogP) is 3.98. The monoisotopic (exact) mass is 285 g/mol. The van der Waals surface area contributed by atoms with Gasteiger partial charge in [-0.05, 0) is 24.3 Å². The number of alkyl halides is 3. The molecule has 0 unspecified atom stereocenters. The Bertz CT molecular complexity index is 611. The van der Waals surface area contributed by atoms with Crippen molar-refractivity contribution in [2.75, 3.05) is 0 Å². The molecule has 0 saturated heterocycles. The van der Waals surface area contributed by atoms with Gasteiger partial charge in [-0.25, -0.2) is 0 Å². The van der Waals surface area contributed by atoms with E-state index in [1.54, 1.807) is 6.07 Å². The topological polar surface area (TPSA) is 30.0 Å². The fourth-order valence-corrected chi connectivity index (χ4v) is 1.84. The van der Waals surface area contributed by atoms with Crippen LogP contribution in [-0.2, 0) is 6.18 Å². The molecule has 1 heterocycles. The average Bonchev–Trinajstić information content (AvgIpc) is 2.37. The number of carbonyl (C=O) groups excluding carboxylic acids is 1. The highest BCUT2D eigenvalue weighted by Crippen LogP contribution is 2.35. The largest absolute Gasteiger partial charge is 0.417 e. The smallest absolute Gasteiger partial charge is 0.289 e. The maximum absolute atomic E-state index is 12.5. The lowest BCUT2D eigenvalue weighted by Crippen LogP contribution is -2.08. The first-order valence-corrected chi connectivity index (χ1v) is 5.59. The van der Waals surface area contributed by atoms with Crippen LogP contribution in [0.3, 0.4) is 0 Å². The summed E-state index contributed by atoms with van der Waals surface area (Å²) >= 11 is 5.56. The van der Waals surface area contributed by atoms with E-state index in [0.29, 0.717) is 5.56 Å². The minimum absolute atomic E-state index is 0.0889. The molecule has 2 aromatic rings. The molecule has 0 aliphatic carbocycles. The number of rotatable bonds is 2. The molecule has 0 amide bonds. The zero-order valence-electron chi connectivity index (χ0n) is 9.41. The Hall–Kier alpha value is -1.88. The van der Waals surface area contributed by atoms with Crippen LogP contribution in [-0.4, -0.2) is 10.8 Å². The maximum atomic E-state index is 12.5. The second-order valence-corrected chi connectivity index (χ2v) is 4.17. The molecule has 1 aromatic carbocycles. The number of hydrogen-bond acceptors (Lipinski definition) is 2. The van der Waals surface area contributed by atoms with Gasteiger partial charge in [0, 0.05) is 23.5 Å². The highest BCUT2D eigenvalue weighted by molar-refractivity contribution is 6.32. The van der Waals surface area contributed by atoms with Gasteiger partial charge in [0.2, 0.25) is 0 Å².